The molecule has 2 rings (SSSR count). The lowest BCUT2D eigenvalue weighted by atomic mass is 10.1. The Labute approximate surface area is 164 Å². The van der Waals surface area contributed by atoms with Crippen LogP contribution in [-0.2, 0) is 23.9 Å². The van der Waals surface area contributed by atoms with Gasteiger partial charge in [-0.05, 0) is 19.1 Å². The van der Waals surface area contributed by atoms with Crippen molar-refractivity contribution < 1.29 is 23.9 Å². The Kier molecular flexibility index (Phi) is 7.51. The molecule has 1 atom stereocenters. The Morgan fingerprint density at radius 1 is 1.29 bits per heavy atom. The first-order chi connectivity index (χ1) is 13.3. The lowest BCUT2D eigenvalue weighted by Gasteiger charge is -2.34. The fraction of sp³-hybridized carbons (Fsp3) is 0.474. The Morgan fingerprint density at radius 3 is 2.61 bits per heavy atom. The minimum atomic E-state index is -0.764. The third-order valence-electron chi connectivity index (χ3n) is 4.51. The molecule has 0 saturated carbocycles. The molecular weight excluding hydrogens is 364 g/mol. The maximum atomic E-state index is 12.5. The van der Waals surface area contributed by atoms with Crippen LogP contribution in [0.3, 0.4) is 0 Å². The summed E-state index contributed by atoms with van der Waals surface area (Å²) in [6.45, 7) is 2.59. The number of hydrogen-bond acceptors (Lipinski definition) is 6. The normalized spacial score (nSPS) is 16.8. The summed E-state index contributed by atoms with van der Waals surface area (Å²) in [5, 5.41) is 5.42. The van der Waals surface area contributed by atoms with Crippen LogP contribution in [0.25, 0.3) is 0 Å². The van der Waals surface area contributed by atoms with Gasteiger partial charge < -0.3 is 20.3 Å². The number of methoxy groups -OCH3 is 1. The van der Waals surface area contributed by atoms with E-state index < -0.39 is 12.0 Å². The number of likely N-dealkylation sites (N-methyl/N-ethyl adjacent to an activating group) is 1. The van der Waals surface area contributed by atoms with Crippen molar-refractivity contribution in [2.75, 3.05) is 45.7 Å². The second-order valence-electron chi connectivity index (χ2n) is 6.72. The van der Waals surface area contributed by atoms with E-state index in [4.69, 9.17) is 0 Å². The van der Waals surface area contributed by atoms with Crippen molar-refractivity contribution >= 4 is 29.4 Å². The molecule has 9 nitrogen and oxygen atoms in total. The molecule has 1 fully saturated rings. The highest BCUT2D eigenvalue weighted by atomic mass is 16.5. The quantitative estimate of drug-likeness (QED) is 0.622. The zero-order chi connectivity index (χ0) is 20.7. The number of carbonyl (C=O) groups excluding carboxylic acids is 4. The number of hydrogen-bond donors (Lipinski definition) is 2. The number of nitrogens with one attached hydrogen (secondary N) is 2. The van der Waals surface area contributed by atoms with Gasteiger partial charge in [-0.15, -0.1) is 0 Å². The highest BCUT2D eigenvalue weighted by Crippen LogP contribution is 2.11. The molecule has 0 radical (unpaired) electrons. The Balaban J connectivity index is 1.90. The van der Waals surface area contributed by atoms with E-state index in [0.717, 1.165) is 5.56 Å². The number of rotatable bonds is 7. The molecule has 1 heterocycles. The van der Waals surface area contributed by atoms with Crippen molar-refractivity contribution in [1.82, 2.24) is 15.1 Å². The molecular formula is C19H26N4O5. The van der Waals surface area contributed by atoms with Gasteiger partial charge >= 0.3 is 5.97 Å². The van der Waals surface area contributed by atoms with Crippen LogP contribution in [-0.4, -0.2) is 79.9 Å². The summed E-state index contributed by atoms with van der Waals surface area (Å²) in [5.74, 6) is -1.47. The SMILES string of the molecule is COC(=O)C[C@H]1C(=O)NCCN1CC(=O)N(C)CC(=O)Nc1ccc(C)cc1. The number of esters is 1. The van der Waals surface area contributed by atoms with Gasteiger partial charge in [0.15, 0.2) is 0 Å². The third-order valence-corrected chi connectivity index (χ3v) is 4.51. The average Bonchev–Trinajstić information content (AvgIpc) is 2.66. The summed E-state index contributed by atoms with van der Waals surface area (Å²) in [4.78, 5) is 51.2. The third kappa shape index (κ3) is 6.05. The summed E-state index contributed by atoms with van der Waals surface area (Å²) in [7, 11) is 2.77. The lowest BCUT2D eigenvalue weighted by Crippen LogP contribution is -2.58. The highest BCUT2D eigenvalue weighted by molar-refractivity contribution is 5.95. The fourth-order valence-corrected chi connectivity index (χ4v) is 2.85. The molecule has 2 N–H and O–H groups in total. The number of nitrogens with zero attached hydrogens (tertiary/aromatic N) is 2. The molecule has 1 saturated heterocycles. The van der Waals surface area contributed by atoms with Crippen LogP contribution < -0.4 is 10.6 Å². The van der Waals surface area contributed by atoms with Gasteiger partial charge in [-0.25, -0.2) is 0 Å². The van der Waals surface area contributed by atoms with Crippen LogP contribution in [0.5, 0.6) is 0 Å². The van der Waals surface area contributed by atoms with Crippen LogP contribution in [0.15, 0.2) is 24.3 Å². The largest absolute Gasteiger partial charge is 0.469 e. The molecule has 1 aromatic rings. The van der Waals surface area contributed by atoms with Crippen molar-refractivity contribution in [3.63, 3.8) is 0 Å². The van der Waals surface area contributed by atoms with Crippen LogP contribution >= 0.6 is 0 Å². The first-order valence-electron chi connectivity index (χ1n) is 8.99. The summed E-state index contributed by atoms with van der Waals surface area (Å²) in [6, 6.07) is 6.58. The van der Waals surface area contributed by atoms with Gasteiger partial charge in [0.1, 0.15) is 6.04 Å². The monoisotopic (exact) mass is 390 g/mol. The summed E-state index contributed by atoms with van der Waals surface area (Å²) in [5.41, 5.74) is 1.74. The van der Waals surface area contributed by atoms with E-state index in [9.17, 15) is 19.2 Å². The Morgan fingerprint density at radius 2 is 1.96 bits per heavy atom. The van der Waals surface area contributed by atoms with Crippen LogP contribution in [0.2, 0.25) is 0 Å². The van der Waals surface area contributed by atoms with Crippen LogP contribution in [0.1, 0.15) is 12.0 Å². The number of ether oxygens (including phenoxy) is 1. The molecule has 0 bridgehead atoms. The van der Waals surface area contributed by atoms with Gasteiger partial charge in [0, 0.05) is 25.8 Å². The van der Waals surface area contributed by atoms with E-state index >= 15 is 0 Å². The van der Waals surface area contributed by atoms with Crippen LogP contribution in [0, 0.1) is 6.92 Å². The molecule has 9 heteroatoms. The predicted molar refractivity (Wildman–Crippen MR) is 102 cm³/mol. The van der Waals surface area contributed by atoms with E-state index in [1.54, 1.807) is 17.0 Å². The van der Waals surface area contributed by atoms with Crippen molar-refractivity contribution in [1.29, 1.82) is 0 Å². The molecule has 0 unspecified atom stereocenters. The number of piperazine rings is 1. The van der Waals surface area contributed by atoms with Gasteiger partial charge in [0.05, 0.1) is 26.6 Å². The second-order valence-corrected chi connectivity index (χ2v) is 6.72. The number of amides is 3. The molecule has 0 aromatic heterocycles. The van der Waals surface area contributed by atoms with Gasteiger partial charge in [0.25, 0.3) is 0 Å². The van der Waals surface area contributed by atoms with Gasteiger partial charge in [0.2, 0.25) is 17.7 Å². The van der Waals surface area contributed by atoms with Gasteiger partial charge in [-0.2, -0.15) is 0 Å². The highest BCUT2D eigenvalue weighted by Gasteiger charge is 2.33. The molecule has 1 aliphatic heterocycles. The minimum absolute atomic E-state index is 0.0661. The standard InChI is InChI=1S/C19H26N4O5/c1-13-4-6-14(7-5-13)21-16(24)11-22(2)17(25)12-23-9-8-20-19(27)15(23)10-18(26)28-3/h4-7,15H,8-12H2,1-3H3,(H,20,27)(H,21,24)/t15-/m0/s1. The summed E-state index contributed by atoms with van der Waals surface area (Å²) < 4.78 is 4.62. The average molecular weight is 390 g/mol. The topological polar surface area (TPSA) is 108 Å². The number of anilines is 1. The molecule has 152 valence electrons. The molecule has 0 aliphatic carbocycles. The Bertz CT molecular complexity index is 734. The lowest BCUT2D eigenvalue weighted by molar-refractivity contribution is -0.147. The van der Waals surface area contributed by atoms with Crippen LogP contribution in [0.4, 0.5) is 5.69 Å². The zero-order valence-electron chi connectivity index (χ0n) is 16.4. The molecule has 3 amide bonds. The van der Waals surface area contributed by atoms with Crippen molar-refractivity contribution in [3.05, 3.63) is 29.8 Å². The van der Waals surface area contributed by atoms with E-state index in [0.29, 0.717) is 18.8 Å². The molecule has 0 spiro atoms. The van der Waals surface area contributed by atoms with Crippen molar-refractivity contribution in [2.24, 2.45) is 0 Å². The van der Waals surface area contributed by atoms with E-state index in [1.165, 1.54) is 19.1 Å². The molecule has 28 heavy (non-hydrogen) atoms. The van der Waals surface area contributed by atoms with E-state index in [2.05, 4.69) is 15.4 Å². The maximum Gasteiger partial charge on any atom is 0.307 e. The van der Waals surface area contributed by atoms with E-state index in [1.807, 2.05) is 19.1 Å². The second kappa shape index (κ2) is 9.84. The Hall–Kier alpha value is -2.94. The van der Waals surface area contributed by atoms with Gasteiger partial charge in [-0.3, -0.25) is 24.1 Å². The minimum Gasteiger partial charge on any atom is -0.469 e. The molecule has 1 aliphatic rings. The maximum absolute atomic E-state index is 12.5. The van der Waals surface area contributed by atoms with E-state index in [-0.39, 0.29) is 37.2 Å². The van der Waals surface area contributed by atoms with Gasteiger partial charge in [-0.1, -0.05) is 17.7 Å². The van der Waals surface area contributed by atoms with Crippen molar-refractivity contribution in [2.45, 2.75) is 19.4 Å². The predicted octanol–water partition coefficient (Wildman–Crippen LogP) is -0.245. The number of benzene rings is 1. The zero-order valence-corrected chi connectivity index (χ0v) is 16.4. The number of aryl methyl sites for hydroxylation is 1. The fourth-order valence-electron chi connectivity index (χ4n) is 2.85. The van der Waals surface area contributed by atoms with Crippen molar-refractivity contribution in [3.8, 4) is 0 Å². The number of carbonyl (C=O) groups is 4. The first kappa shape index (κ1) is 21.4. The summed E-state index contributed by atoms with van der Waals surface area (Å²) in [6.07, 6.45) is -0.132. The first-order valence-corrected chi connectivity index (χ1v) is 8.99. The smallest absolute Gasteiger partial charge is 0.307 e. The summed E-state index contributed by atoms with van der Waals surface area (Å²) >= 11 is 0. The molecule has 1 aromatic carbocycles.